The fraction of sp³-hybridized carbons (Fsp3) is 1.00. The summed E-state index contributed by atoms with van der Waals surface area (Å²) in [5.74, 6) is 0.552. The van der Waals surface area contributed by atoms with E-state index in [1.165, 1.54) is 0 Å². The molecule has 11 heavy (non-hydrogen) atoms. The Labute approximate surface area is 72.0 Å². The van der Waals surface area contributed by atoms with Crippen LogP contribution in [0.3, 0.4) is 0 Å². The van der Waals surface area contributed by atoms with Crippen molar-refractivity contribution in [2.75, 3.05) is 5.75 Å². The maximum Gasteiger partial charge on any atom is 0.209 e. The Kier molecular flexibility index (Phi) is 2.78. The van der Waals surface area contributed by atoms with Gasteiger partial charge in [-0.25, -0.2) is 13.6 Å². The van der Waals surface area contributed by atoms with Crippen molar-refractivity contribution in [1.29, 1.82) is 0 Å². The molecule has 0 amide bonds. The third-order valence-corrected chi connectivity index (χ3v) is 3.19. The molecule has 1 saturated carbocycles. The molecule has 3 nitrogen and oxygen atoms in total. The second-order valence-corrected chi connectivity index (χ2v) is 5.30. The van der Waals surface area contributed by atoms with Gasteiger partial charge in [-0.1, -0.05) is 0 Å². The van der Waals surface area contributed by atoms with Gasteiger partial charge < -0.3 is 0 Å². The van der Waals surface area contributed by atoms with Gasteiger partial charge in [0.05, 0.1) is 5.75 Å². The van der Waals surface area contributed by atoms with Gasteiger partial charge in [0, 0.05) is 5.38 Å². The minimum atomic E-state index is -3.31. The molecule has 1 unspecified atom stereocenters. The first kappa shape index (κ1) is 9.29. The molecular weight excluding hydrogens is 186 g/mol. The van der Waals surface area contributed by atoms with E-state index in [4.69, 9.17) is 16.7 Å². The van der Waals surface area contributed by atoms with E-state index in [-0.39, 0.29) is 11.1 Å². The Morgan fingerprint density at radius 3 is 2.45 bits per heavy atom. The van der Waals surface area contributed by atoms with Crippen molar-refractivity contribution in [3.05, 3.63) is 0 Å². The molecule has 0 aromatic rings. The largest absolute Gasteiger partial charge is 0.229 e. The number of sulfonamides is 1. The molecule has 5 heteroatoms. The van der Waals surface area contributed by atoms with Crippen molar-refractivity contribution >= 4 is 21.6 Å². The minimum Gasteiger partial charge on any atom is -0.229 e. The van der Waals surface area contributed by atoms with Crippen LogP contribution >= 0.6 is 11.6 Å². The summed E-state index contributed by atoms with van der Waals surface area (Å²) < 4.78 is 21.0. The van der Waals surface area contributed by atoms with Crippen molar-refractivity contribution in [2.24, 2.45) is 11.1 Å². The number of nitrogens with two attached hydrogens (primary N) is 1. The van der Waals surface area contributed by atoms with E-state index in [1.54, 1.807) is 0 Å². The van der Waals surface area contributed by atoms with Crippen LogP contribution < -0.4 is 5.14 Å². The SMILES string of the molecule is NS(=O)(=O)CCC(Cl)C1CC1. The average Bonchev–Trinajstić information content (AvgIpc) is 2.61. The molecule has 0 aliphatic heterocycles. The molecule has 1 rings (SSSR count). The van der Waals surface area contributed by atoms with Crippen LogP contribution in [0.15, 0.2) is 0 Å². The summed E-state index contributed by atoms with van der Waals surface area (Å²) in [7, 11) is -3.31. The molecule has 0 heterocycles. The summed E-state index contributed by atoms with van der Waals surface area (Å²) in [6.07, 6.45) is 2.77. The number of rotatable bonds is 4. The quantitative estimate of drug-likeness (QED) is 0.674. The number of primary sulfonamides is 1. The number of alkyl halides is 1. The molecule has 0 bridgehead atoms. The molecule has 1 aliphatic rings. The average molecular weight is 198 g/mol. The van der Waals surface area contributed by atoms with Crippen LogP contribution in [0.1, 0.15) is 19.3 Å². The monoisotopic (exact) mass is 197 g/mol. The van der Waals surface area contributed by atoms with Gasteiger partial charge in [-0.2, -0.15) is 0 Å². The van der Waals surface area contributed by atoms with Gasteiger partial charge in [0.25, 0.3) is 0 Å². The van der Waals surface area contributed by atoms with Crippen molar-refractivity contribution < 1.29 is 8.42 Å². The van der Waals surface area contributed by atoms with Crippen LogP contribution in [-0.4, -0.2) is 19.5 Å². The molecular formula is C6H12ClNO2S. The Morgan fingerprint density at radius 1 is 1.55 bits per heavy atom. The first-order chi connectivity index (χ1) is 4.99. The van der Waals surface area contributed by atoms with Gasteiger partial charge in [0.15, 0.2) is 0 Å². The standard InChI is InChI=1S/C6H12ClNO2S/c7-6(5-1-2-5)3-4-11(8,9)10/h5-6H,1-4H2,(H2,8,9,10). The lowest BCUT2D eigenvalue weighted by molar-refractivity contribution is 0.591. The van der Waals surface area contributed by atoms with Crippen molar-refractivity contribution in [3.63, 3.8) is 0 Å². The second kappa shape index (κ2) is 3.29. The van der Waals surface area contributed by atoms with Crippen molar-refractivity contribution in [3.8, 4) is 0 Å². The number of halogens is 1. The normalized spacial score (nSPS) is 21.6. The Morgan fingerprint density at radius 2 is 2.09 bits per heavy atom. The van der Waals surface area contributed by atoms with Gasteiger partial charge in [0.1, 0.15) is 0 Å². The maximum atomic E-state index is 10.5. The summed E-state index contributed by atoms with van der Waals surface area (Å²) in [5, 5.41) is 4.83. The summed E-state index contributed by atoms with van der Waals surface area (Å²) >= 11 is 5.86. The molecule has 0 radical (unpaired) electrons. The number of hydrogen-bond donors (Lipinski definition) is 1. The fourth-order valence-corrected chi connectivity index (χ4v) is 2.04. The van der Waals surface area contributed by atoms with Crippen molar-refractivity contribution in [1.82, 2.24) is 0 Å². The Balaban J connectivity index is 2.21. The van der Waals surface area contributed by atoms with Crippen LogP contribution in [0.2, 0.25) is 0 Å². The van der Waals surface area contributed by atoms with Gasteiger partial charge in [0.2, 0.25) is 10.0 Å². The minimum absolute atomic E-state index is 0.00771. The van der Waals surface area contributed by atoms with Gasteiger partial charge in [-0.05, 0) is 25.2 Å². The van der Waals surface area contributed by atoms with Crippen molar-refractivity contribution in [2.45, 2.75) is 24.6 Å². The summed E-state index contributed by atoms with van der Waals surface area (Å²) in [6, 6.07) is 0. The summed E-state index contributed by atoms with van der Waals surface area (Å²) in [6.45, 7) is 0. The zero-order chi connectivity index (χ0) is 8.48. The topological polar surface area (TPSA) is 60.2 Å². The van der Waals surface area contributed by atoms with Crippen LogP contribution in [0, 0.1) is 5.92 Å². The first-order valence-corrected chi connectivity index (χ1v) is 5.79. The highest BCUT2D eigenvalue weighted by Crippen LogP contribution is 2.37. The zero-order valence-electron chi connectivity index (χ0n) is 6.16. The highest BCUT2D eigenvalue weighted by Gasteiger charge is 2.29. The molecule has 1 atom stereocenters. The predicted octanol–water partition coefficient (Wildman–Crippen LogP) is 0.682. The molecule has 2 N–H and O–H groups in total. The molecule has 0 aromatic carbocycles. The molecule has 0 saturated heterocycles. The first-order valence-electron chi connectivity index (χ1n) is 3.63. The Bertz CT molecular complexity index is 223. The van der Waals surface area contributed by atoms with E-state index in [0.717, 1.165) is 12.8 Å². The van der Waals surface area contributed by atoms with E-state index >= 15 is 0 Å². The van der Waals surface area contributed by atoms with E-state index in [9.17, 15) is 8.42 Å². The van der Waals surface area contributed by atoms with E-state index < -0.39 is 10.0 Å². The predicted molar refractivity (Wildman–Crippen MR) is 45.0 cm³/mol. The van der Waals surface area contributed by atoms with Crippen LogP contribution in [0.25, 0.3) is 0 Å². The lowest BCUT2D eigenvalue weighted by Crippen LogP contribution is -2.19. The summed E-state index contributed by atoms with van der Waals surface area (Å²) in [5.41, 5.74) is 0. The fourth-order valence-electron chi connectivity index (χ4n) is 0.970. The van der Waals surface area contributed by atoms with Gasteiger partial charge in [-0.15, -0.1) is 11.6 Å². The smallest absolute Gasteiger partial charge is 0.209 e. The molecule has 0 spiro atoms. The van der Waals surface area contributed by atoms with E-state index in [0.29, 0.717) is 12.3 Å². The highest BCUT2D eigenvalue weighted by molar-refractivity contribution is 7.89. The molecule has 66 valence electrons. The zero-order valence-corrected chi connectivity index (χ0v) is 7.74. The van der Waals surface area contributed by atoms with Gasteiger partial charge in [-0.3, -0.25) is 0 Å². The second-order valence-electron chi connectivity index (χ2n) is 3.01. The number of hydrogen-bond acceptors (Lipinski definition) is 2. The van der Waals surface area contributed by atoms with E-state index in [1.807, 2.05) is 0 Å². The third-order valence-electron chi connectivity index (χ3n) is 1.81. The lowest BCUT2D eigenvalue weighted by atomic mass is 10.2. The molecule has 1 fully saturated rings. The summed E-state index contributed by atoms with van der Waals surface area (Å²) in [4.78, 5) is 0. The van der Waals surface area contributed by atoms with Gasteiger partial charge >= 0.3 is 0 Å². The van der Waals surface area contributed by atoms with Crippen LogP contribution in [-0.2, 0) is 10.0 Å². The van der Waals surface area contributed by atoms with E-state index in [2.05, 4.69) is 0 Å². The van der Waals surface area contributed by atoms with Crippen LogP contribution in [0.4, 0.5) is 0 Å². The Hall–Kier alpha value is 0.200. The third kappa shape index (κ3) is 3.94. The van der Waals surface area contributed by atoms with Crippen LogP contribution in [0.5, 0.6) is 0 Å². The highest BCUT2D eigenvalue weighted by atomic mass is 35.5. The maximum absolute atomic E-state index is 10.5. The molecule has 1 aliphatic carbocycles. The molecule has 0 aromatic heterocycles. The lowest BCUT2D eigenvalue weighted by Gasteiger charge is -2.04.